The van der Waals surface area contributed by atoms with Crippen molar-refractivity contribution in [3.05, 3.63) is 35.9 Å². The van der Waals surface area contributed by atoms with E-state index in [0.717, 1.165) is 5.56 Å². The monoisotopic (exact) mass is 473 g/mol. The molecule has 1 aromatic carbocycles. The lowest BCUT2D eigenvalue weighted by Gasteiger charge is -2.17. The Bertz CT molecular complexity index is 769. The molecule has 1 aromatic rings. The van der Waals surface area contributed by atoms with Gasteiger partial charge in [0.2, 0.25) is 0 Å². The van der Waals surface area contributed by atoms with E-state index in [2.05, 4.69) is 5.32 Å². The molecule has 33 heavy (non-hydrogen) atoms. The average Bonchev–Trinajstić information content (AvgIpc) is 2.71. The van der Waals surface area contributed by atoms with Gasteiger partial charge in [-0.25, -0.2) is 9.59 Å². The van der Waals surface area contributed by atoms with Crippen molar-refractivity contribution >= 4 is 30.0 Å². The lowest BCUT2D eigenvalue weighted by molar-refractivity contribution is -0.144. The maximum Gasteiger partial charge on any atom is 0.408 e. The normalized spacial score (nSPS) is 12.4. The van der Waals surface area contributed by atoms with E-state index in [9.17, 15) is 24.0 Å². The summed E-state index contributed by atoms with van der Waals surface area (Å²) in [6, 6.07) is 6.23. The number of carboxylic acids is 4. The lowest BCUT2D eigenvalue weighted by atomic mass is 10.1. The lowest BCUT2D eigenvalue weighted by Crippen LogP contribution is -2.44. The number of hydrogen-bond acceptors (Lipinski definition) is 8. The van der Waals surface area contributed by atoms with Crippen molar-refractivity contribution in [3.8, 4) is 0 Å². The van der Waals surface area contributed by atoms with Gasteiger partial charge in [0.15, 0.2) is 0 Å². The largest absolute Gasteiger partial charge is 0.481 e. The summed E-state index contributed by atoms with van der Waals surface area (Å²) in [5, 5.41) is 35.1. The van der Waals surface area contributed by atoms with Crippen molar-refractivity contribution in [1.29, 1.82) is 0 Å². The van der Waals surface area contributed by atoms with Crippen LogP contribution in [0.4, 0.5) is 4.79 Å². The maximum absolute atomic E-state index is 11.4. The Morgan fingerprint density at radius 1 is 0.879 bits per heavy atom. The summed E-state index contributed by atoms with van der Waals surface area (Å²) < 4.78 is 4.95. The predicted octanol–water partition coefficient (Wildman–Crippen LogP) is 0.313. The van der Waals surface area contributed by atoms with Crippen molar-refractivity contribution in [1.82, 2.24) is 5.32 Å². The average molecular weight is 473 g/mol. The minimum atomic E-state index is -1.29. The zero-order valence-corrected chi connectivity index (χ0v) is 18.5. The molecule has 0 aromatic heterocycles. The number of rotatable bonds is 9. The third-order valence-corrected chi connectivity index (χ3v) is 3.52. The van der Waals surface area contributed by atoms with Gasteiger partial charge in [-0.15, -0.1) is 0 Å². The van der Waals surface area contributed by atoms with Gasteiger partial charge in [0.05, 0.1) is 6.42 Å². The van der Waals surface area contributed by atoms with Crippen LogP contribution in [0.1, 0.15) is 32.8 Å². The molecule has 0 bridgehead atoms. The number of hydrogen-bond donors (Lipinski definition) is 7. The van der Waals surface area contributed by atoms with Crippen LogP contribution in [-0.4, -0.2) is 68.5 Å². The van der Waals surface area contributed by atoms with E-state index in [1.54, 1.807) is 13.8 Å². The fourth-order valence-electron chi connectivity index (χ4n) is 1.68. The number of nitrogens with two attached hydrogens (primary N) is 2. The third kappa shape index (κ3) is 17.6. The minimum absolute atomic E-state index is 0.122. The van der Waals surface area contributed by atoms with Crippen molar-refractivity contribution in [2.75, 3.05) is 0 Å². The molecule has 13 heteroatoms. The molecule has 0 radical (unpaired) electrons. The van der Waals surface area contributed by atoms with E-state index < -0.39 is 54.5 Å². The van der Waals surface area contributed by atoms with Crippen LogP contribution in [0.2, 0.25) is 0 Å². The summed E-state index contributed by atoms with van der Waals surface area (Å²) in [5.41, 5.74) is 10.5. The summed E-state index contributed by atoms with van der Waals surface area (Å²) in [5.74, 6) is -4.73. The Morgan fingerprint density at radius 3 is 1.67 bits per heavy atom. The highest BCUT2D eigenvalue weighted by atomic mass is 16.5. The molecule has 0 fully saturated rings. The molecule has 3 atom stereocenters. The topological polar surface area (TPSA) is 240 Å². The standard InChI is InChI=1S/C13H17NO4.C4H7NO4.C3H7NO2/c1-9(2)11(12(15)16)14-13(17)18-8-10-6-4-3-5-7-10;5-2(4(8)9)1-3(6)7;1-2(4)3(5)6/h3-7,9,11H,8H2,1-2H3,(H,14,17)(H,15,16);2H,1,5H2,(H,6,7)(H,8,9);2H,4H2,1H3,(H,5,6)/t11-;2*2-/m000/s1. The summed E-state index contributed by atoms with van der Waals surface area (Å²) in [6.45, 7) is 4.98. The second kappa shape index (κ2) is 16.9. The molecule has 0 saturated heterocycles. The number of aliphatic carboxylic acids is 4. The second-order valence-corrected chi connectivity index (χ2v) is 6.94. The summed E-state index contributed by atoms with van der Waals surface area (Å²) in [7, 11) is 0. The Morgan fingerprint density at radius 2 is 1.36 bits per heavy atom. The molecule has 0 aliphatic rings. The Hall–Kier alpha value is -3.71. The molecule has 0 aliphatic heterocycles. The van der Waals surface area contributed by atoms with Gasteiger partial charge in [-0.3, -0.25) is 14.4 Å². The van der Waals surface area contributed by atoms with Gasteiger partial charge in [0.25, 0.3) is 0 Å². The Balaban J connectivity index is 0. The van der Waals surface area contributed by atoms with Gasteiger partial charge in [-0.05, 0) is 18.4 Å². The highest BCUT2D eigenvalue weighted by molar-refractivity contribution is 5.80. The molecule has 186 valence electrons. The number of carbonyl (C=O) groups is 5. The quantitative estimate of drug-likeness (QED) is 0.256. The van der Waals surface area contributed by atoms with Gasteiger partial charge in [-0.2, -0.15) is 0 Å². The highest BCUT2D eigenvalue weighted by Gasteiger charge is 2.23. The molecule has 0 spiro atoms. The Kier molecular flexibility index (Phi) is 16.1. The summed E-state index contributed by atoms with van der Waals surface area (Å²) in [6.07, 6.45) is -1.25. The van der Waals surface area contributed by atoms with Crippen LogP contribution in [0.15, 0.2) is 30.3 Å². The van der Waals surface area contributed by atoms with Crippen molar-refractivity contribution in [2.24, 2.45) is 17.4 Å². The minimum Gasteiger partial charge on any atom is -0.481 e. The number of amides is 1. The van der Waals surface area contributed by atoms with Gasteiger partial charge >= 0.3 is 30.0 Å². The molecule has 9 N–H and O–H groups in total. The van der Waals surface area contributed by atoms with E-state index in [1.165, 1.54) is 6.92 Å². The number of benzene rings is 1. The van der Waals surface area contributed by atoms with E-state index in [4.69, 9.17) is 36.6 Å². The van der Waals surface area contributed by atoms with E-state index in [1.807, 2.05) is 30.3 Å². The van der Waals surface area contributed by atoms with Crippen LogP contribution >= 0.6 is 0 Å². The molecule has 0 heterocycles. The van der Waals surface area contributed by atoms with Crippen molar-refractivity contribution in [2.45, 2.75) is 51.9 Å². The van der Waals surface area contributed by atoms with E-state index in [-0.39, 0.29) is 12.5 Å². The molecule has 1 amide bonds. The molecular formula is C20H31N3O10. The van der Waals surface area contributed by atoms with E-state index in [0.29, 0.717) is 0 Å². The highest BCUT2D eigenvalue weighted by Crippen LogP contribution is 2.04. The predicted molar refractivity (Wildman–Crippen MR) is 115 cm³/mol. The number of carboxylic acid groups (broad SMARTS) is 4. The fraction of sp³-hybridized carbons (Fsp3) is 0.450. The van der Waals surface area contributed by atoms with Crippen LogP contribution < -0.4 is 16.8 Å². The first kappa shape index (κ1) is 31.5. The van der Waals surface area contributed by atoms with E-state index >= 15 is 0 Å². The van der Waals surface area contributed by atoms with Crippen LogP contribution in [0, 0.1) is 5.92 Å². The number of nitrogens with one attached hydrogen (secondary N) is 1. The van der Waals surface area contributed by atoms with Crippen LogP contribution in [0.3, 0.4) is 0 Å². The first-order valence-electron chi connectivity index (χ1n) is 9.57. The van der Waals surface area contributed by atoms with Gasteiger partial charge in [-0.1, -0.05) is 44.2 Å². The zero-order chi connectivity index (χ0) is 26.1. The molecule has 0 aliphatic carbocycles. The smallest absolute Gasteiger partial charge is 0.408 e. The fourth-order valence-corrected chi connectivity index (χ4v) is 1.68. The van der Waals surface area contributed by atoms with Crippen LogP contribution in [0.25, 0.3) is 0 Å². The molecule has 1 rings (SSSR count). The molecule has 0 saturated carbocycles. The molecule has 13 nitrogen and oxygen atoms in total. The third-order valence-electron chi connectivity index (χ3n) is 3.52. The SMILES string of the molecule is CC(C)[C@H](NC(=O)OCc1ccccc1)C(=O)O.C[C@H](N)C(=O)O.N[C@@H](CC(=O)O)C(=O)O. The molecular weight excluding hydrogens is 442 g/mol. The first-order chi connectivity index (χ1) is 15.2. The zero-order valence-electron chi connectivity index (χ0n) is 18.5. The number of carbonyl (C=O) groups excluding carboxylic acids is 1. The van der Waals surface area contributed by atoms with Crippen LogP contribution in [0.5, 0.6) is 0 Å². The number of ether oxygens (including phenoxy) is 1. The van der Waals surface area contributed by atoms with Crippen molar-refractivity contribution < 1.29 is 49.1 Å². The second-order valence-electron chi connectivity index (χ2n) is 6.94. The summed E-state index contributed by atoms with van der Waals surface area (Å²) in [4.78, 5) is 51.5. The molecule has 0 unspecified atom stereocenters. The van der Waals surface area contributed by atoms with Gasteiger partial charge in [0, 0.05) is 0 Å². The van der Waals surface area contributed by atoms with Gasteiger partial charge < -0.3 is 41.9 Å². The first-order valence-corrected chi connectivity index (χ1v) is 9.57. The Labute approximate surface area is 190 Å². The van der Waals surface area contributed by atoms with Crippen molar-refractivity contribution in [3.63, 3.8) is 0 Å². The summed E-state index contributed by atoms with van der Waals surface area (Å²) >= 11 is 0. The van der Waals surface area contributed by atoms with Gasteiger partial charge in [0.1, 0.15) is 24.7 Å². The maximum atomic E-state index is 11.4. The number of alkyl carbamates (subject to hydrolysis) is 1. The van der Waals surface area contributed by atoms with Crippen LogP contribution in [-0.2, 0) is 30.5 Å².